The van der Waals surface area contributed by atoms with Crippen LogP contribution < -0.4 is 4.74 Å². The molecule has 1 aliphatic carbocycles. The van der Waals surface area contributed by atoms with E-state index in [1.54, 1.807) is 30.3 Å². The van der Waals surface area contributed by atoms with Crippen molar-refractivity contribution in [2.75, 3.05) is 6.61 Å². The van der Waals surface area contributed by atoms with Crippen LogP contribution in [0.1, 0.15) is 28.0 Å². The lowest BCUT2D eigenvalue weighted by Gasteiger charge is -2.14. The highest BCUT2D eigenvalue weighted by Crippen LogP contribution is 2.32. The zero-order valence-electron chi connectivity index (χ0n) is 14.3. The lowest BCUT2D eigenvalue weighted by atomic mass is 9.88. The molecule has 136 valence electrons. The van der Waals surface area contributed by atoms with E-state index in [1.165, 1.54) is 12.1 Å². The van der Waals surface area contributed by atoms with Gasteiger partial charge >= 0.3 is 5.97 Å². The Balaban J connectivity index is 1.62. The lowest BCUT2D eigenvalue weighted by molar-refractivity contribution is -0.139. The Bertz CT molecular complexity index is 1080. The van der Waals surface area contributed by atoms with Crippen molar-refractivity contribution in [2.24, 2.45) is 0 Å². The number of allylic oxidation sites excluding steroid dienone is 1. The smallest absolute Gasteiger partial charge is 0.341 e. The normalized spacial score (nSPS) is 15.1. The zero-order chi connectivity index (χ0) is 19.0. The first-order valence-corrected chi connectivity index (χ1v) is 8.51. The van der Waals surface area contributed by atoms with Gasteiger partial charge in [0, 0.05) is 22.2 Å². The van der Waals surface area contributed by atoms with Gasteiger partial charge in [-0.25, -0.2) is 9.18 Å². The standard InChI is InChI=1S/C21H16FNO4/c22-14-4-8-17-16(10-14)20-18(23-17)7-3-13(21(20)26)9-12-1-5-15(6-2-12)27-11-19(24)25/h1-2,4-6,8-10,23H,3,7,11H2,(H,24,25). The van der Waals surface area contributed by atoms with Gasteiger partial charge in [-0.3, -0.25) is 4.79 Å². The molecule has 0 aliphatic heterocycles. The summed E-state index contributed by atoms with van der Waals surface area (Å²) in [6, 6.07) is 11.3. The van der Waals surface area contributed by atoms with E-state index in [0.717, 1.165) is 16.8 Å². The van der Waals surface area contributed by atoms with E-state index in [2.05, 4.69) is 4.98 Å². The molecule has 2 N–H and O–H groups in total. The number of aryl methyl sites for hydroxylation is 1. The molecule has 2 aromatic carbocycles. The molecular formula is C21H16FNO4. The number of halogens is 1. The number of nitrogens with one attached hydrogen (secondary N) is 1. The van der Waals surface area contributed by atoms with Gasteiger partial charge in [0.1, 0.15) is 11.6 Å². The summed E-state index contributed by atoms with van der Waals surface area (Å²) < 4.78 is 18.7. The maximum Gasteiger partial charge on any atom is 0.341 e. The van der Waals surface area contributed by atoms with Crippen LogP contribution in [0.15, 0.2) is 48.0 Å². The van der Waals surface area contributed by atoms with Crippen LogP contribution in [0.4, 0.5) is 4.39 Å². The quantitative estimate of drug-likeness (QED) is 0.686. The molecule has 6 heteroatoms. The number of carbonyl (C=O) groups is 2. The molecule has 0 atom stereocenters. The van der Waals surface area contributed by atoms with E-state index in [4.69, 9.17) is 9.84 Å². The van der Waals surface area contributed by atoms with Crippen LogP contribution >= 0.6 is 0 Å². The molecule has 0 bridgehead atoms. The summed E-state index contributed by atoms with van der Waals surface area (Å²) in [5.41, 5.74) is 3.62. The van der Waals surface area contributed by atoms with Gasteiger partial charge in [-0.05, 0) is 54.8 Å². The van der Waals surface area contributed by atoms with Gasteiger partial charge in [0.15, 0.2) is 12.4 Å². The Morgan fingerprint density at radius 2 is 1.96 bits per heavy atom. The van der Waals surface area contributed by atoms with Crippen LogP contribution in [0, 0.1) is 5.82 Å². The molecule has 4 rings (SSSR count). The third-order valence-corrected chi connectivity index (χ3v) is 4.58. The predicted octanol–water partition coefficient (Wildman–Crippen LogP) is 3.98. The van der Waals surface area contributed by atoms with Crippen LogP contribution in [0.2, 0.25) is 0 Å². The first-order valence-electron chi connectivity index (χ1n) is 8.51. The summed E-state index contributed by atoms with van der Waals surface area (Å²) in [6.45, 7) is -0.404. The number of H-pyrrole nitrogens is 1. The Kier molecular flexibility index (Phi) is 4.24. The summed E-state index contributed by atoms with van der Waals surface area (Å²) in [5, 5.41) is 9.24. The predicted molar refractivity (Wildman–Crippen MR) is 98.5 cm³/mol. The summed E-state index contributed by atoms with van der Waals surface area (Å²) in [7, 11) is 0. The molecule has 0 unspecified atom stereocenters. The molecule has 0 fully saturated rings. The summed E-state index contributed by atoms with van der Waals surface area (Å²) in [4.78, 5) is 26.7. The number of carboxylic acid groups (broad SMARTS) is 1. The number of hydrogen-bond acceptors (Lipinski definition) is 3. The Hall–Kier alpha value is -3.41. The number of fused-ring (bicyclic) bond motifs is 3. The van der Waals surface area contributed by atoms with Gasteiger partial charge in [-0.15, -0.1) is 0 Å². The number of aromatic amines is 1. The third-order valence-electron chi connectivity index (χ3n) is 4.58. The van der Waals surface area contributed by atoms with Crippen LogP contribution in [0.25, 0.3) is 17.0 Å². The van der Waals surface area contributed by atoms with E-state index in [9.17, 15) is 14.0 Å². The SMILES string of the molecule is O=C(O)COc1ccc(C=C2CCc3[nH]c4ccc(F)cc4c3C2=O)cc1. The minimum Gasteiger partial charge on any atom is -0.482 e. The molecule has 5 nitrogen and oxygen atoms in total. The molecule has 0 saturated heterocycles. The zero-order valence-corrected chi connectivity index (χ0v) is 14.3. The van der Waals surface area contributed by atoms with Crippen LogP contribution in [-0.4, -0.2) is 28.4 Å². The molecule has 1 aromatic heterocycles. The number of carboxylic acids is 1. The number of aliphatic carboxylic acids is 1. The van der Waals surface area contributed by atoms with E-state index in [0.29, 0.717) is 35.1 Å². The van der Waals surface area contributed by atoms with Crippen molar-refractivity contribution in [3.05, 3.63) is 70.7 Å². The van der Waals surface area contributed by atoms with Gasteiger partial charge in [-0.2, -0.15) is 0 Å². The largest absolute Gasteiger partial charge is 0.482 e. The second kappa shape index (κ2) is 6.72. The second-order valence-corrected chi connectivity index (χ2v) is 6.42. The fourth-order valence-electron chi connectivity index (χ4n) is 3.34. The number of ether oxygens (including phenoxy) is 1. The molecule has 0 radical (unpaired) electrons. The average Bonchev–Trinajstić information content (AvgIpc) is 3.02. The number of hydrogen-bond donors (Lipinski definition) is 2. The highest BCUT2D eigenvalue weighted by atomic mass is 19.1. The fourth-order valence-corrected chi connectivity index (χ4v) is 3.34. The third kappa shape index (κ3) is 3.33. The lowest BCUT2D eigenvalue weighted by Crippen LogP contribution is -2.13. The van der Waals surface area contributed by atoms with Crippen LogP contribution in [-0.2, 0) is 11.2 Å². The molecular weight excluding hydrogens is 349 g/mol. The second-order valence-electron chi connectivity index (χ2n) is 6.42. The van der Waals surface area contributed by atoms with Gasteiger partial charge in [-0.1, -0.05) is 12.1 Å². The topological polar surface area (TPSA) is 79.4 Å². The van der Waals surface area contributed by atoms with Gasteiger partial charge in [0.05, 0.1) is 5.56 Å². The highest BCUT2D eigenvalue weighted by molar-refractivity contribution is 6.19. The molecule has 3 aromatic rings. The average molecular weight is 365 g/mol. The molecule has 1 heterocycles. The number of Topliss-reactive ketones (excluding diaryl/α,β-unsaturated/α-hetero) is 1. The van der Waals surface area contributed by atoms with Crippen LogP contribution in [0.3, 0.4) is 0 Å². The number of carbonyl (C=O) groups excluding carboxylic acids is 1. The number of rotatable bonds is 4. The molecule has 0 spiro atoms. The first kappa shape index (κ1) is 17.0. The van der Waals surface area contributed by atoms with Gasteiger partial charge in [0.2, 0.25) is 0 Å². The van der Waals surface area contributed by atoms with Gasteiger partial charge < -0.3 is 14.8 Å². The number of aromatic nitrogens is 1. The minimum absolute atomic E-state index is 0.0979. The number of benzene rings is 2. The first-order chi connectivity index (χ1) is 13.0. The van der Waals surface area contributed by atoms with Crippen molar-refractivity contribution < 1.29 is 23.8 Å². The summed E-state index contributed by atoms with van der Waals surface area (Å²) in [6.07, 6.45) is 3.09. The van der Waals surface area contributed by atoms with Crippen molar-refractivity contribution in [1.29, 1.82) is 0 Å². The van der Waals surface area contributed by atoms with Crippen molar-refractivity contribution in [2.45, 2.75) is 12.8 Å². The van der Waals surface area contributed by atoms with Crippen molar-refractivity contribution >= 4 is 28.7 Å². The Morgan fingerprint density at radius 1 is 1.19 bits per heavy atom. The maximum atomic E-state index is 13.6. The molecule has 0 amide bonds. The summed E-state index contributed by atoms with van der Waals surface area (Å²) >= 11 is 0. The highest BCUT2D eigenvalue weighted by Gasteiger charge is 2.26. The number of ketones is 1. The van der Waals surface area contributed by atoms with Crippen molar-refractivity contribution in [1.82, 2.24) is 4.98 Å². The van der Waals surface area contributed by atoms with E-state index in [-0.39, 0.29) is 11.6 Å². The van der Waals surface area contributed by atoms with Crippen LogP contribution in [0.5, 0.6) is 5.75 Å². The minimum atomic E-state index is -1.04. The van der Waals surface area contributed by atoms with E-state index in [1.807, 2.05) is 6.08 Å². The summed E-state index contributed by atoms with van der Waals surface area (Å²) in [5.74, 6) is -1.06. The van der Waals surface area contributed by atoms with Crippen molar-refractivity contribution in [3.63, 3.8) is 0 Å². The van der Waals surface area contributed by atoms with Gasteiger partial charge in [0.25, 0.3) is 0 Å². The molecule has 1 aliphatic rings. The Labute approximate surface area is 154 Å². The Morgan fingerprint density at radius 3 is 2.70 bits per heavy atom. The molecule has 0 saturated carbocycles. The van der Waals surface area contributed by atoms with E-state index < -0.39 is 12.6 Å². The maximum absolute atomic E-state index is 13.6. The monoisotopic (exact) mass is 365 g/mol. The van der Waals surface area contributed by atoms with Crippen molar-refractivity contribution in [3.8, 4) is 5.75 Å². The molecule has 27 heavy (non-hydrogen) atoms. The van der Waals surface area contributed by atoms with E-state index >= 15 is 0 Å². The fraction of sp³-hybridized carbons (Fsp3) is 0.143.